The zero-order valence-electron chi connectivity index (χ0n) is 10.2. The molecule has 0 aromatic carbocycles. The number of esters is 1. The largest absolute Gasteiger partial charge is 0.469 e. The van der Waals surface area contributed by atoms with Crippen LogP contribution in [0.3, 0.4) is 0 Å². The summed E-state index contributed by atoms with van der Waals surface area (Å²) in [6.07, 6.45) is 0. The average molecular weight is 232 g/mol. The lowest BCUT2D eigenvalue weighted by atomic mass is 10.1. The van der Waals surface area contributed by atoms with E-state index in [2.05, 4.69) is 4.74 Å². The number of nitrogens with zero attached hydrogens (tertiary/aromatic N) is 1. The summed E-state index contributed by atoms with van der Waals surface area (Å²) in [5.74, 6) is -0.966. The van der Waals surface area contributed by atoms with E-state index in [1.807, 2.05) is 0 Å². The molecule has 0 saturated heterocycles. The topological polar surface area (TPSA) is 81.9 Å². The van der Waals surface area contributed by atoms with Gasteiger partial charge in [-0.1, -0.05) is 6.92 Å². The molecule has 0 fully saturated rings. The standard InChI is InChI=1S/C10H20N2O4/c1-7(10(14)16-4)5-12(2)9(13)8(11)6-15-3/h7-8H,5-6,11H2,1-4H3. The van der Waals surface area contributed by atoms with Gasteiger partial charge in [-0.25, -0.2) is 0 Å². The highest BCUT2D eigenvalue weighted by atomic mass is 16.5. The highest BCUT2D eigenvalue weighted by Crippen LogP contribution is 2.02. The molecule has 0 aromatic rings. The zero-order chi connectivity index (χ0) is 12.7. The molecule has 0 spiro atoms. The molecule has 2 N–H and O–H groups in total. The zero-order valence-corrected chi connectivity index (χ0v) is 10.2. The van der Waals surface area contributed by atoms with Crippen LogP contribution in [0.2, 0.25) is 0 Å². The molecular weight excluding hydrogens is 212 g/mol. The van der Waals surface area contributed by atoms with Crippen LogP contribution in [0.1, 0.15) is 6.92 Å². The van der Waals surface area contributed by atoms with E-state index < -0.39 is 6.04 Å². The van der Waals surface area contributed by atoms with Gasteiger partial charge in [0.2, 0.25) is 5.91 Å². The normalized spacial score (nSPS) is 14.1. The molecule has 2 atom stereocenters. The number of carbonyl (C=O) groups is 2. The summed E-state index contributed by atoms with van der Waals surface area (Å²) in [4.78, 5) is 24.2. The lowest BCUT2D eigenvalue weighted by Crippen LogP contribution is -2.46. The lowest BCUT2D eigenvalue weighted by molar-refractivity contribution is -0.146. The second-order valence-corrected chi connectivity index (χ2v) is 3.70. The van der Waals surface area contributed by atoms with Crippen LogP contribution in [0, 0.1) is 5.92 Å². The molecule has 0 aliphatic heterocycles. The highest BCUT2D eigenvalue weighted by molar-refractivity contribution is 5.82. The Morgan fingerprint density at radius 1 is 1.38 bits per heavy atom. The highest BCUT2D eigenvalue weighted by Gasteiger charge is 2.22. The molecule has 0 bridgehead atoms. The molecule has 0 rings (SSSR count). The molecule has 0 aliphatic carbocycles. The number of carbonyl (C=O) groups excluding carboxylic acids is 2. The third-order valence-electron chi connectivity index (χ3n) is 2.19. The van der Waals surface area contributed by atoms with Crippen molar-refractivity contribution in [1.82, 2.24) is 4.90 Å². The van der Waals surface area contributed by atoms with E-state index in [1.54, 1.807) is 14.0 Å². The van der Waals surface area contributed by atoms with E-state index in [1.165, 1.54) is 19.1 Å². The third-order valence-corrected chi connectivity index (χ3v) is 2.19. The molecule has 6 heteroatoms. The first-order chi connectivity index (χ1) is 7.43. The van der Waals surface area contributed by atoms with Crippen molar-refractivity contribution in [3.05, 3.63) is 0 Å². The van der Waals surface area contributed by atoms with E-state index in [4.69, 9.17) is 10.5 Å². The van der Waals surface area contributed by atoms with Crippen LogP contribution in [0.15, 0.2) is 0 Å². The van der Waals surface area contributed by atoms with Gasteiger partial charge in [-0.15, -0.1) is 0 Å². The summed E-state index contributed by atoms with van der Waals surface area (Å²) in [6, 6.07) is -0.695. The number of hydrogen-bond donors (Lipinski definition) is 1. The number of nitrogens with two attached hydrogens (primary N) is 1. The van der Waals surface area contributed by atoms with Crippen molar-refractivity contribution >= 4 is 11.9 Å². The minimum absolute atomic E-state index is 0.162. The van der Waals surface area contributed by atoms with Gasteiger partial charge in [0.05, 0.1) is 19.6 Å². The van der Waals surface area contributed by atoms with Gasteiger partial charge in [0, 0.05) is 20.7 Å². The van der Waals surface area contributed by atoms with Crippen molar-refractivity contribution in [3.8, 4) is 0 Å². The van der Waals surface area contributed by atoms with Crippen LogP contribution in [0.5, 0.6) is 0 Å². The fourth-order valence-electron chi connectivity index (χ4n) is 1.31. The number of ether oxygens (including phenoxy) is 2. The minimum Gasteiger partial charge on any atom is -0.469 e. The molecule has 0 radical (unpaired) electrons. The molecule has 94 valence electrons. The second-order valence-electron chi connectivity index (χ2n) is 3.70. The van der Waals surface area contributed by atoms with Crippen molar-refractivity contribution in [2.45, 2.75) is 13.0 Å². The van der Waals surface area contributed by atoms with Crippen LogP contribution in [0.25, 0.3) is 0 Å². The van der Waals surface area contributed by atoms with Crippen molar-refractivity contribution in [2.75, 3.05) is 34.4 Å². The first-order valence-electron chi connectivity index (χ1n) is 5.01. The van der Waals surface area contributed by atoms with Gasteiger partial charge < -0.3 is 20.1 Å². The van der Waals surface area contributed by atoms with Crippen LogP contribution >= 0.6 is 0 Å². The Bertz CT molecular complexity index is 245. The molecule has 0 heterocycles. The van der Waals surface area contributed by atoms with Gasteiger partial charge in [0.1, 0.15) is 6.04 Å². The molecule has 1 amide bonds. The molecule has 6 nitrogen and oxygen atoms in total. The minimum atomic E-state index is -0.695. The quantitative estimate of drug-likeness (QED) is 0.608. The summed E-state index contributed by atoms with van der Waals surface area (Å²) < 4.78 is 9.35. The van der Waals surface area contributed by atoms with E-state index in [-0.39, 0.29) is 30.9 Å². The maximum Gasteiger partial charge on any atom is 0.310 e. The maximum absolute atomic E-state index is 11.6. The summed E-state index contributed by atoms with van der Waals surface area (Å²) in [5, 5.41) is 0. The van der Waals surface area contributed by atoms with Crippen LogP contribution in [-0.4, -0.2) is 57.2 Å². The Kier molecular flexibility index (Phi) is 6.67. The van der Waals surface area contributed by atoms with Gasteiger partial charge in [-0.05, 0) is 0 Å². The Balaban J connectivity index is 4.19. The first kappa shape index (κ1) is 14.9. The van der Waals surface area contributed by atoms with Gasteiger partial charge >= 0.3 is 5.97 Å². The number of hydrogen-bond acceptors (Lipinski definition) is 5. The molecule has 0 aromatic heterocycles. The fraction of sp³-hybridized carbons (Fsp3) is 0.800. The predicted octanol–water partition coefficient (Wildman–Crippen LogP) is -0.772. The van der Waals surface area contributed by atoms with Gasteiger partial charge in [-0.2, -0.15) is 0 Å². The fourth-order valence-corrected chi connectivity index (χ4v) is 1.31. The van der Waals surface area contributed by atoms with Gasteiger partial charge in [0.15, 0.2) is 0 Å². The van der Waals surface area contributed by atoms with Crippen molar-refractivity contribution < 1.29 is 19.1 Å². The van der Waals surface area contributed by atoms with Crippen LogP contribution in [-0.2, 0) is 19.1 Å². The number of methoxy groups -OCH3 is 2. The first-order valence-corrected chi connectivity index (χ1v) is 5.01. The number of amides is 1. The van der Waals surface area contributed by atoms with Crippen molar-refractivity contribution in [1.29, 1.82) is 0 Å². The summed E-state index contributed by atoms with van der Waals surface area (Å²) in [5.41, 5.74) is 5.58. The Labute approximate surface area is 95.7 Å². The van der Waals surface area contributed by atoms with E-state index >= 15 is 0 Å². The average Bonchev–Trinajstić information content (AvgIpc) is 2.26. The number of likely N-dealkylation sites (N-methyl/N-ethyl adjacent to an activating group) is 1. The summed E-state index contributed by atoms with van der Waals surface area (Å²) in [6.45, 7) is 2.14. The lowest BCUT2D eigenvalue weighted by Gasteiger charge is -2.23. The summed E-state index contributed by atoms with van der Waals surface area (Å²) >= 11 is 0. The Hall–Kier alpha value is -1.14. The number of rotatable bonds is 6. The molecule has 16 heavy (non-hydrogen) atoms. The molecule has 0 aliphatic rings. The monoisotopic (exact) mass is 232 g/mol. The van der Waals surface area contributed by atoms with E-state index in [0.29, 0.717) is 0 Å². The second kappa shape index (κ2) is 7.19. The predicted molar refractivity (Wildman–Crippen MR) is 58.7 cm³/mol. The third kappa shape index (κ3) is 4.59. The molecular formula is C10H20N2O4. The van der Waals surface area contributed by atoms with Gasteiger partial charge in [-0.3, -0.25) is 9.59 Å². The van der Waals surface area contributed by atoms with Crippen LogP contribution in [0.4, 0.5) is 0 Å². The van der Waals surface area contributed by atoms with Crippen molar-refractivity contribution in [3.63, 3.8) is 0 Å². The Morgan fingerprint density at radius 3 is 2.38 bits per heavy atom. The van der Waals surface area contributed by atoms with Crippen molar-refractivity contribution in [2.24, 2.45) is 11.7 Å². The molecule has 2 unspecified atom stereocenters. The van der Waals surface area contributed by atoms with E-state index in [0.717, 1.165) is 0 Å². The SMILES string of the molecule is COCC(N)C(=O)N(C)CC(C)C(=O)OC. The smallest absolute Gasteiger partial charge is 0.310 e. The van der Waals surface area contributed by atoms with E-state index in [9.17, 15) is 9.59 Å². The van der Waals surface area contributed by atoms with Crippen LogP contribution < -0.4 is 5.73 Å². The van der Waals surface area contributed by atoms with Gasteiger partial charge in [0.25, 0.3) is 0 Å². The maximum atomic E-state index is 11.6. The Morgan fingerprint density at radius 2 is 1.94 bits per heavy atom. The summed E-state index contributed by atoms with van der Waals surface area (Å²) in [7, 11) is 4.39. The molecule has 0 saturated carbocycles.